The van der Waals surface area contributed by atoms with Crippen molar-refractivity contribution < 1.29 is 9.47 Å². The Morgan fingerprint density at radius 1 is 1.12 bits per heavy atom. The van der Waals surface area contributed by atoms with Crippen molar-refractivity contribution >= 4 is 12.2 Å². The summed E-state index contributed by atoms with van der Waals surface area (Å²) in [5.41, 5.74) is 1.79. The number of aromatic amines is 1. The first-order valence-electron chi connectivity index (χ1n) is 7.78. The number of nitrogens with zero attached hydrogens (tertiary/aromatic N) is 2. The maximum absolute atomic E-state index is 5.63. The van der Waals surface area contributed by atoms with Crippen LogP contribution in [0.3, 0.4) is 0 Å². The van der Waals surface area contributed by atoms with E-state index in [1.165, 1.54) is 0 Å². The molecule has 3 rings (SSSR count). The summed E-state index contributed by atoms with van der Waals surface area (Å²) in [7, 11) is 1.64. The van der Waals surface area contributed by atoms with Crippen LogP contribution in [0.1, 0.15) is 13.3 Å². The van der Waals surface area contributed by atoms with Gasteiger partial charge in [-0.2, -0.15) is 5.10 Å². The van der Waals surface area contributed by atoms with Crippen molar-refractivity contribution in [3.8, 4) is 28.6 Å². The fourth-order valence-corrected chi connectivity index (χ4v) is 2.68. The van der Waals surface area contributed by atoms with E-state index in [0.29, 0.717) is 11.4 Å². The normalized spacial score (nSPS) is 10.6. The number of methoxy groups -OCH3 is 1. The van der Waals surface area contributed by atoms with Crippen LogP contribution in [0.15, 0.2) is 48.5 Å². The number of aromatic nitrogens is 3. The third-order valence-corrected chi connectivity index (χ3v) is 3.86. The van der Waals surface area contributed by atoms with E-state index >= 15 is 0 Å². The molecule has 0 fully saturated rings. The van der Waals surface area contributed by atoms with Crippen LogP contribution < -0.4 is 9.47 Å². The van der Waals surface area contributed by atoms with E-state index in [0.717, 1.165) is 35.0 Å². The Labute approximate surface area is 145 Å². The highest BCUT2D eigenvalue weighted by Gasteiger charge is 2.14. The van der Waals surface area contributed by atoms with Crippen LogP contribution in [-0.2, 0) is 0 Å². The number of hydrogen-bond acceptors (Lipinski definition) is 4. The van der Waals surface area contributed by atoms with E-state index in [4.69, 9.17) is 21.7 Å². The van der Waals surface area contributed by atoms with Crippen molar-refractivity contribution in [3.63, 3.8) is 0 Å². The second-order valence-corrected chi connectivity index (χ2v) is 5.62. The van der Waals surface area contributed by atoms with Crippen LogP contribution in [0.2, 0.25) is 0 Å². The Bertz CT molecular complexity index is 868. The Morgan fingerprint density at radius 2 is 1.88 bits per heavy atom. The highest BCUT2D eigenvalue weighted by Crippen LogP contribution is 2.28. The van der Waals surface area contributed by atoms with Crippen LogP contribution in [-0.4, -0.2) is 28.5 Å². The van der Waals surface area contributed by atoms with Crippen LogP contribution in [0, 0.1) is 4.77 Å². The van der Waals surface area contributed by atoms with Crippen molar-refractivity contribution in [1.29, 1.82) is 0 Å². The van der Waals surface area contributed by atoms with Crippen molar-refractivity contribution in [2.45, 2.75) is 13.3 Å². The predicted octanol–water partition coefficient (Wildman–Crippen LogP) is 4.39. The number of para-hydroxylation sites is 2. The first-order chi connectivity index (χ1) is 11.7. The number of rotatable bonds is 6. The standard InChI is InChI=1S/C18H19N3O2S/c1-3-12-23-14-10-8-13(9-11-14)17-19-20-18(24)21(17)15-6-4-5-7-16(15)22-2/h4-11H,3,12H2,1-2H3,(H,20,24). The van der Waals surface area contributed by atoms with Gasteiger partial charge in [0.05, 0.1) is 19.4 Å². The second-order valence-electron chi connectivity index (χ2n) is 5.23. The molecule has 0 bridgehead atoms. The van der Waals surface area contributed by atoms with Gasteiger partial charge in [0.2, 0.25) is 0 Å². The van der Waals surface area contributed by atoms with Crippen LogP contribution in [0.4, 0.5) is 0 Å². The molecule has 1 N–H and O–H groups in total. The van der Waals surface area contributed by atoms with Crippen LogP contribution >= 0.6 is 12.2 Å². The minimum absolute atomic E-state index is 0.515. The molecule has 0 unspecified atom stereocenters. The lowest BCUT2D eigenvalue weighted by Gasteiger charge is -2.11. The lowest BCUT2D eigenvalue weighted by molar-refractivity contribution is 0.317. The summed E-state index contributed by atoms with van der Waals surface area (Å²) in [4.78, 5) is 0. The largest absolute Gasteiger partial charge is 0.495 e. The van der Waals surface area contributed by atoms with E-state index in [1.54, 1.807) is 7.11 Å². The van der Waals surface area contributed by atoms with Crippen LogP contribution in [0.5, 0.6) is 11.5 Å². The lowest BCUT2D eigenvalue weighted by atomic mass is 10.2. The fourth-order valence-electron chi connectivity index (χ4n) is 2.45. The monoisotopic (exact) mass is 341 g/mol. The first kappa shape index (κ1) is 16.3. The van der Waals surface area contributed by atoms with Gasteiger partial charge in [-0.25, -0.2) is 0 Å². The molecule has 0 aliphatic rings. The highest BCUT2D eigenvalue weighted by atomic mass is 32.1. The van der Waals surface area contributed by atoms with Gasteiger partial charge in [0.25, 0.3) is 0 Å². The fraction of sp³-hybridized carbons (Fsp3) is 0.222. The average molecular weight is 341 g/mol. The summed E-state index contributed by atoms with van der Waals surface area (Å²) in [6.45, 7) is 2.79. The summed E-state index contributed by atoms with van der Waals surface area (Å²) in [6, 6.07) is 15.5. The molecule has 1 heterocycles. The van der Waals surface area contributed by atoms with Gasteiger partial charge >= 0.3 is 0 Å². The van der Waals surface area contributed by atoms with Gasteiger partial charge in [-0.05, 0) is 55.0 Å². The van der Waals surface area contributed by atoms with Crippen molar-refractivity contribution in [2.75, 3.05) is 13.7 Å². The number of benzene rings is 2. The summed E-state index contributed by atoms with van der Waals surface area (Å²) in [5.74, 6) is 2.31. The zero-order chi connectivity index (χ0) is 16.9. The molecule has 0 saturated carbocycles. The third-order valence-electron chi connectivity index (χ3n) is 3.58. The highest BCUT2D eigenvalue weighted by molar-refractivity contribution is 7.71. The zero-order valence-electron chi connectivity index (χ0n) is 13.7. The maximum atomic E-state index is 5.63. The van der Waals surface area contributed by atoms with E-state index in [1.807, 2.05) is 53.1 Å². The molecule has 1 aromatic heterocycles. The molecule has 2 aromatic carbocycles. The molecular formula is C18H19N3O2S. The number of ether oxygens (including phenoxy) is 2. The second kappa shape index (κ2) is 7.31. The topological polar surface area (TPSA) is 52.1 Å². The molecule has 3 aromatic rings. The van der Waals surface area contributed by atoms with Crippen molar-refractivity contribution in [1.82, 2.24) is 14.8 Å². The molecule has 24 heavy (non-hydrogen) atoms. The van der Waals surface area contributed by atoms with Gasteiger partial charge in [-0.1, -0.05) is 19.1 Å². The lowest BCUT2D eigenvalue weighted by Crippen LogP contribution is -2.01. The molecule has 124 valence electrons. The molecule has 0 aliphatic carbocycles. The molecule has 0 saturated heterocycles. The molecule has 0 spiro atoms. The average Bonchev–Trinajstić information content (AvgIpc) is 3.01. The SMILES string of the molecule is CCCOc1ccc(-c2n[nH]c(=S)n2-c2ccccc2OC)cc1. The molecule has 0 aliphatic heterocycles. The predicted molar refractivity (Wildman–Crippen MR) is 96.5 cm³/mol. The minimum Gasteiger partial charge on any atom is -0.495 e. The molecule has 0 radical (unpaired) electrons. The van der Waals surface area contributed by atoms with E-state index < -0.39 is 0 Å². The quantitative estimate of drug-likeness (QED) is 0.676. The van der Waals surface area contributed by atoms with Gasteiger partial charge in [0, 0.05) is 5.56 Å². The van der Waals surface area contributed by atoms with E-state index in [2.05, 4.69) is 17.1 Å². The van der Waals surface area contributed by atoms with Gasteiger partial charge in [-0.3, -0.25) is 9.67 Å². The van der Waals surface area contributed by atoms with Gasteiger partial charge in [0.15, 0.2) is 10.6 Å². The van der Waals surface area contributed by atoms with E-state index in [9.17, 15) is 0 Å². The minimum atomic E-state index is 0.515. The summed E-state index contributed by atoms with van der Waals surface area (Å²) >= 11 is 5.41. The maximum Gasteiger partial charge on any atom is 0.200 e. The van der Waals surface area contributed by atoms with E-state index in [-0.39, 0.29) is 0 Å². The van der Waals surface area contributed by atoms with Crippen molar-refractivity contribution in [2.24, 2.45) is 0 Å². The van der Waals surface area contributed by atoms with Gasteiger partial charge < -0.3 is 9.47 Å². The third kappa shape index (κ3) is 3.19. The summed E-state index contributed by atoms with van der Waals surface area (Å²) in [5, 5.41) is 7.24. The summed E-state index contributed by atoms with van der Waals surface area (Å²) in [6.07, 6.45) is 0.980. The van der Waals surface area contributed by atoms with Crippen LogP contribution in [0.25, 0.3) is 17.1 Å². The van der Waals surface area contributed by atoms with Gasteiger partial charge in [0.1, 0.15) is 11.5 Å². The first-order valence-corrected chi connectivity index (χ1v) is 8.19. The number of H-pyrrole nitrogens is 1. The smallest absolute Gasteiger partial charge is 0.200 e. The Balaban J connectivity index is 2.03. The summed E-state index contributed by atoms with van der Waals surface area (Å²) < 4.78 is 13.5. The molecule has 5 nitrogen and oxygen atoms in total. The Morgan fingerprint density at radius 3 is 2.58 bits per heavy atom. The number of nitrogens with one attached hydrogen (secondary N) is 1. The van der Waals surface area contributed by atoms with Crippen molar-refractivity contribution in [3.05, 3.63) is 53.3 Å². The van der Waals surface area contributed by atoms with Gasteiger partial charge in [-0.15, -0.1) is 0 Å². The molecule has 0 atom stereocenters. The Kier molecular flexibility index (Phi) is 4.96. The number of hydrogen-bond donors (Lipinski definition) is 1. The Hall–Kier alpha value is -2.60. The molecular weight excluding hydrogens is 322 g/mol. The zero-order valence-corrected chi connectivity index (χ0v) is 14.5. The molecule has 0 amide bonds. The molecule has 6 heteroatoms.